The van der Waals surface area contributed by atoms with Gasteiger partial charge in [-0.3, -0.25) is 10.1 Å². The molecule has 0 saturated carbocycles. The van der Waals surface area contributed by atoms with Gasteiger partial charge in [0.25, 0.3) is 5.95 Å². The Kier molecular flexibility index (Phi) is 1.51. The van der Waals surface area contributed by atoms with E-state index in [0.717, 1.165) is 0 Å². The summed E-state index contributed by atoms with van der Waals surface area (Å²) in [6.45, 7) is 0. The van der Waals surface area contributed by atoms with Gasteiger partial charge in [0.1, 0.15) is 0 Å². The van der Waals surface area contributed by atoms with E-state index in [9.17, 15) is 0 Å². The molecule has 1 N–H and O–H groups in total. The molecule has 2 aromatic rings. The Morgan fingerprint density at radius 3 is 2.67 bits per heavy atom. The average Bonchev–Trinajstić information content (AvgIpc) is 2.65. The molecule has 6 nitrogen and oxygen atoms in total. The number of nitrogens with zero attached hydrogens (tertiary/aromatic N) is 5. The zero-order chi connectivity index (χ0) is 8.39. The third-order valence-corrected chi connectivity index (χ3v) is 1.45. The third kappa shape index (κ3) is 1.14. The Labute approximate surface area is 68.8 Å². The molecule has 0 fully saturated rings. The molecule has 6 heteroatoms. The maximum atomic E-state index is 3.76. The lowest BCUT2D eigenvalue weighted by atomic mass is 10.7. The molecule has 0 aliphatic carbocycles. The Bertz CT molecular complexity index is 348. The summed E-state index contributed by atoms with van der Waals surface area (Å²) in [6, 6.07) is 3.83. The first-order valence-electron chi connectivity index (χ1n) is 3.48. The lowest BCUT2D eigenvalue weighted by molar-refractivity contribution is 0.708. The molecule has 0 aliphatic heterocycles. The van der Waals surface area contributed by atoms with E-state index in [1.54, 1.807) is 16.4 Å². The van der Waals surface area contributed by atoms with Crippen LogP contribution < -0.4 is 5.43 Å². The van der Waals surface area contributed by atoms with Gasteiger partial charge in [-0.25, -0.2) is 4.68 Å². The van der Waals surface area contributed by atoms with Crippen LogP contribution in [0.3, 0.4) is 0 Å². The largest absolute Gasteiger partial charge is 0.268 e. The standard InChI is InChI=1S/C6H8N6/c1-11-6(7-9-10-11)8-12-4-2-3-5-12/h2-5H,1H3,(H,7,8,10). The van der Waals surface area contributed by atoms with Crippen molar-refractivity contribution < 1.29 is 0 Å². The quantitative estimate of drug-likeness (QED) is 0.672. The van der Waals surface area contributed by atoms with E-state index in [1.807, 2.05) is 24.5 Å². The van der Waals surface area contributed by atoms with Gasteiger partial charge in [0, 0.05) is 19.4 Å². The zero-order valence-corrected chi connectivity index (χ0v) is 6.55. The van der Waals surface area contributed by atoms with E-state index in [4.69, 9.17) is 0 Å². The lowest BCUT2D eigenvalue weighted by Gasteiger charge is -2.03. The van der Waals surface area contributed by atoms with Gasteiger partial charge >= 0.3 is 0 Å². The molecule has 0 atom stereocenters. The van der Waals surface area contributed by atoms with Crippen LogP contribution in [0.1, 0.15) is 0 Å². The van der Waals surface area contributed by atoms with E-state index in [-0.39, 0.29) is 0 Å². The van der Waals surface area contributed by atoms with E-state index < -0.39 is 0 Å². The molecule has 2 heterocycles. The predicted molar refractivity (Wildman–Crippen MR) is 42.3 cm³/mol. The van der Waals surface area contributed by atoms with E-state index in [0.29, 0.717) is 5.95 Å². The van der Waals surface area contributed by atoms with Gasteiger partial charge < -0.3 is 0 Å². The number of hydrogen-bond acceptors (Lipinski definition) is 4. The van der Waals surface area contributed by atoms with E-state index >= 15 is 0 Å². The highest BCUT2D eigenvalue weighted by Gasteiger charge is 1.98. The molecule has 2 aromatic heterocycles. The van der Waals surface area contributed by atoms with Crippen LogP contribution >= 0.6 is 0 Å². The van der Waals surface area contributed by atoms with Gasteiger partial charge in [0.15, 0.2) is 0 Å². The third-order valence-electron chi connectivity index (χ3n) is 1.45. The van der Waals surface area contributed by atoms with Crippen molar-refractivity contribution in [1.82, 2.24) is 24.9 Å². The summed E-state index contributed by atoms with van der Waals surface area (Å²) < 4.78 is 3.33. The fourth-order valence-corrected chi connectivity index (χ4v) is 0.849. The van der Waals surface area contributed by atoms with Crippen molar-refractivity contribution in [3.8, 4) is 0 Å². The number of anilines is 1. The first-order chi connectivity index (χ1) is 5.86. The second kappa shape index (κ2) is 2.65. The maximum Gasteiger partial charge on any atom is 0.261 e. The van der Waals surface area contributed by atoms with Crippen LogP contribution in [-0.4, -0.2) is 24.9 Å². The number of tetrazole rings is 1. The highest BCUT2D eigenvalue weighted by Crippen LogP contribution is 1.96. The van der Waals surface area contributed by atoms with Crippen LogP contribution in [-0.2, 0) is 7.05 Å². The lowest BCUT2D eigenvalue weighted by Crippen LogP contribution is -2.10. The van der Waals surface area contributed by atoms with Crippen LogP contribution in [0, 0.1) is 0 Å². The fourth-order valence-electron chi connectivity index (χ4n) is 0.849. The Balaban J connectivity index is 2.20. The van der Waals surface area contributed by atoms with Crippen LogP contribution in [0.5, 0.6) is 0 Å². The topological polar surface area (TPSA) is 60.6 Å². The first-order valence-corrected chi connectivity index (χ1v) is 3.48. The summed E-state index contributed by atoms with van der Waals surface area (Å²) in [5, 5.41) is 10.9. The molecule has 0 aliphatic rings. The fraction of sp³-hybridized carbons (Fsp3) is 0.167. The monoisotopic (exact) mass is 164 g/mol. The van der Waals surface area contributed by atoms with Crippen molar-refractivity contribution in [3.63, 3.8) is 0 Å². The molecule has 0 bridgehead atoms. The van der Waals surface area contributed by atoms with Gasteiger partial charge in [-0.15, -0.1) is 0 Å². The van der Waals surface area contributed by atoms with Gasteiger partial charge in [-0.2, -0.15) is 0 Å². The molecular weight excluding hydrogens is 156 g/mol. The smallest absolute Gasteiger partial charge is 0.261 e. The Morgan fingerprint density at radius 1 is 1.33 bits per heavy atom. The molecule has 0 saturated heterocycles. The van der Waals surface area contributed by atoms with Crippen LogP contribution in [0.15, 0.2) is 24.5 Å². The van der Waals surface area contributed by atoms with Crippen molar-refractivity contribution >= 4 is 5.95 Å². The molecule has 2 rings (SSSR count). The summed E-state index contributed by atoms with van der Waals surface area (Å²) in [5.74, 6) is 0.603. The van der Waals surface area contributed by atoms with Crippen LogP contribution in [0.2, 0.25) is 0 Å². The van der Waals surface area contributed by atoms with Gasteiger partial charge in [0.2, 0.25) is 0 Å². The van der Waals surface area contributed by atoms with E-state index in [1.165, 1.54) is 0 Å². The molecule has 0 radical (unpaired) electrons. The number of hydrogen-bond donors (Lipinski definition) is 1. The number of nitrogens with one attached hydrogen (secondary N) is 1. The zero-order valence-electron chi connectivity index (χ0n) is 6.55. The molecule has 0 unspecified atom stereocenters. The molecule has 0 aromatic carbocycles. The summed E-state index contributed by atoms with van der Waals surface area (Å²) in [5.41, 5.74) is 2.98. The average molecular weight is 164 g/mol. The normalized spacial score (nSPS) is 10.1. The maximum absolute atomic E-state index is 3.76. The van der Waals surface area contributed by atoms with Gasteiger partial charge in [-0.1, -0.05) is 5.10 Å². The van der Waals surface area contributed by atoms with Crippen LogP contribution in [0.4, 0.5) is 5.95 Å². The molecule has 0 amide bonds. The van der Waals surface area contributed by atoms with Crippen LogP contribution in [0.25, 0.3) is 0 Å². The van der Waals surface area contributed by atoms with E-state index in [2.05, 4.69) is 21.0 Å². The predicted octanol–water partition coefficient (Wildman–Crippen LogP) is -0.113. The molecule has 12 heavy (non-hydrogen) atoms. The SMILES string of the molecule is Cn1nnnc1Nn1cccc1. The van der Waals surface area contributed by atoms with Gasteiger partial charge in [0.05, 0.1) is 0 Å². The number of aryl methyl sites for hydroxylation is 1. The molecule has 62 valence electrons. The van der Waals surface area contributed by atoms with Crippen molar-refractivity contribution in [1.29, 1.82) is 0 Å². The highest BCUT2D eigenvalue weighted by atomic mass is 15.6. The summed E-state index contributed by atoms with van der Waals surface area (Å²) >= 11 is 0. The molecule has 0 spiro atoms. The van der Waals surface area contributed by atoms with Gasteiger partial charge in [-0.05, 0) is 22.6 Å². The molecular formula is C6H8N6. The first kappa shape index (κ1) is 6.84. The van der Waals surface area contributed by atoms with Crippen molar-refractivity contribution in [2.45, 2.75) is 0 Å². The Hall–Kier alpha value is -1.85. The summed E-state index contributed by atoms with van der Waals surface area (Å²) in [4.78, 5) is 0. The second-order valence-electron chi connectivity index (χ2n) is 2.33. The second-order valence-corrected chi connectivity index (χ2v) is 2.33. The summed E-state index contributed by atoms with van der Waals surface area (Å²) in [6.07, 6.45) is 3.74. The number of aromatic nitrogens is 5. The minimum atomic E-state index is 0.603. The van der Waals surface area contributed by atoms with Crippen molar-refractivity contribution in [2.24, 2.45) is 7.05 Å². The minimum Gasteiger partial charge on any atom is -0.268 e. The highest BCUT2D eigenvalue weighted by molar-refractivity contribution is 5.20. The van der Waals surface area contributed by atoms with Crippen molar-refractivity contribution in [2.75, 3.05) is 5.43 Å². The van der Waals surface area contributed by atoms with Crippen molar-refractivity contribution in [3.05, 3.63) is 24.5 Å². The minimum absolute atomic E-state index is 0.603. The summed E-state index contributed by atoms with van der Waals surface area (Å²) in [7, 11) is 1.77. The Morgan fingerprint density at radius 2 is 2.08 bits per heavy atom. The number of rotatable bonds is 2.